The molecule has 0 saturated carbocycles. The number of carboxylic acid groups (broad SMARTS) is 1. The fourth-order valence-electron chi connectivity index (χ4n) is 3.61. The third kappa shape index (κ3) is 4.22. The van der Waals surface area contributed by atoms with Gasteiger partial charge in [-0.05, 0) is 54.3 Å². The molecule has 2 aromatic rings. The Balaban J connectivity index is 1.99. The van der Waals surface area contributed by atoms with Crippen molar-refractivity contribution in [3.63, 3.8) is 0 Å². The lowest BCUT2D eigenvalue weighted by Crippen LogP contribution is -2.48. The van der Waals surface area contributed by atoms with E-state index >= 15 is 0 Å². The Morgan fingerprint density at radius 3 is 2.50 bits per heavy atom. The number of nitrogens with zero attached hydrogens (tertiary/aromatic N) is 1. The highest BCUT2D eigenvalue weighted by molar-refractivity contribution is 5.95. The molecule has 1 heterocycles. The minimum atomic E-state index is -1.19. The number of carbonyl (C=O) groups excluding carboxylic acids is 3. The van der Waals surface area contributed by atoms with E-state index in [1.807, 2.05) is 36.4 Å². The highest BCUT2D eigenvalue weighted by Gasteiger charge is 2.36. The van der Waals surface area contributed by atoms with Gasteiger partial charge in [-0.1, -0.05) is 18.2 Å². The largest absolute Gasteiger partial charge is 0.550 e. The Kier molecular flexibility index (Phi) is 6.25. The maximum Gasteiger partial charge on any atom is 0.337 e. The molecule has 8 nitrogen and oxygen atoms in total. The topological polar surface area (TPSA) is 108 Å². The van der Waals surface area contributed by atoms with Gasteiger partial charge in [0.05, 0.1) is 25.8 Å². The smallest absolute Gasteiger partial charge is 0.337 e. The number of hydrogen-bond donors (Lipinski definition) is 1. The molecule has 0 unspecified atom stereocenters. The summed E-state index contributed by atoms with van der Waals surface area (Å²) in [7, 11) is 2.88. The van der Waals surface area contributed by atoms with Crippen LogP contribution in [0.5, 0.6) is 5.75 Å². The molecule has 1 atom stereocenters. The van der Waals surface area contributed by atoms with Crippen molar-refractivity contribution < 1.29 is 29.0 Å². The summed E-state index contributed by atoms with van der Waals surface area (Å²) in [5.74, 6) is -1.01. The standard InChI is InChI=1S/C22H24N2O6/c1-13-19(21(27)30-3)20(23-22(28)24(13)10-4-5-18(25)26)16-7-6-15-12-17(29-2)9-8-14(15)11-16/h6-9,11-12,20H,4-5,10H2,1-3H3,(H,23,28)(H,25,26)/p-1/t20-/m1/s1. The number of aliphatic carboxylic acids is 1. The maximum atomic E-state index is 12.7. The zero-order chi connectivity index (χ0) is 21.8. The second-order valence-electron chi connectivity index (χ2n) is 6.97. The van der Waals surface area contributed by atoms with Crippen LogP contribution in [-0.4, -0.2) is 43.6 Å². The van der Waals surface area contributed by atoms with E-state index in [9.17, 15) is 19.5 Å². The van der Waals surface area contributed by atoms with E-state index in [0.717, 1.165) is 22.1 Å². The molecule has 8 heteroatoms. The lowest BCUT2D eigenvalue weighted by Gasteiger charge is -2.35. The molecule has 1 aliphatic heterocycles. The van der Waals surface area contributed by atoms with Gasteiger partial charge in [-0.2, -0.15) is 0 Å². The number of benzene rings is 2. The Hall–Kier alpha value is -3.55. The zero-order valence-corrected chi connectivity index (χ0v) is 17.1. The van der Waals surface area contributed by atoms with Gasteiger partial charge in [-0.15, -0.1) is 0 Å². The van der Waals surface area contributed by atoms with Gasteiger partial charge >= 0.3 is 12.0 Å². The van der Waals surface area contributed by atoms with E-state index in [4.69, 9.17) is 9.47 Å². The summed E-state index contributed by atoms with van der Waals surface area (Å²) in [6.07, 6.45) is 0.0339. The molecular formula is C22H23N2O6-. The molecule has 0 aromatic heterocycles. The molecule has 0 aliphatic carbocycles. The van der Waals surface area contributed by atoms with E-state index in [2.05, 4.69) is 5.32 Å². The van der Waals surface area contributed by atoms with Crippen LogP contribution in [0.15, 0.2) is 47.7 Å². The highest BCUT2D eigenvalue weighted by atomic mass is 16.5. The molecular weight excluding hydrogens is 388 g/mol. The number of fused-ring (bicyclic) bond motifs is 1. The number of methoxy groups -OCH3 is 2. The van der Waals surface area contributed by atoms with Crippen LogP contribution < -0.4 is 15.2 Å². The Labute approximate surface area is 174 Å². The normalized spacial score (nSPS) is 16.4. The first-order valence-corrected chi connectivity index (χ1v) is 9.50. The second-order valence-corrected chi connectivity index (χ2v) is 6.97. The van der Waals surface area contributed by atoms with Gasteiger partial charge in [-0.3, -0.25) is 4.90 Å². The van der Waals surface area contributed by atoms with Crippen LogP contribution in [0, 0.1) is 0 Å². The molecule has 0 spiro atoms. The summed E-state index contributed by atoms with van der Waals surface area (Å²) in [6, 6.07) is 10.2. The monoisotopic (exact) mass is 411 g/mol. The molecule has 30 heavy (non-hydrogen) atoms. The van der Waals surface area contributed by atoms with Crippen LogP contribution in [0.2, 0.25) is 0 Å². The molecule has 3 rings (SSSR count). The van der Waals surface area contributed by atoms with Crippen LogP contribution in [0.1, 0.15) is 31.4 Å². The van der Waals surface area contributed by atoms with Crippen molar-refractivity contribution in [3.8, 4) is 5.75 Å². The van der Waals surface area contributed by atoms with E-state index in [1.165, 1.54) is 12.0 Å². The first-order valence-electron chi connectivity index (χ1n) is 9.50. The quantitative estimate of drug-likeness (QED) is 0.697. The number of hydrogen-bond acceptors (Lipinski definition) is 6. The molecule has 0 fully saturated rings. The number of allylic oxidation sites excluding steroid dienone is 1. The third-order valence-electron chi connectivity index (χ3n) is 5.17. The van der Waals surface area contributed by atoms with Gasteiger partial charge in [0.2, 0.25) is 0 Å². The fraction of sp³-hybridized carbons (Fsp3) is 0.318. The van der Waals surface area contributed by atoms with Crippen molar-refractivity contribution in [2.24, 2.45) is 0 Å². The van der Waals surface area contributed by atoms with Gasteiger partial charge in [0, 0.05) is 18.2 Å². The summed E-state index contributed by atoms with van der Waals surface area (Å²) in [5, 5.41) is 15.4. The average molecular weight is 411 g/mol. The van der Waals surface area contributed by atoms with Crippen molar-refractivity contribution in [2.45, 2.75) is 25.8 Å². The van der Waals surface area contributed by atoms with E-state index in [1.54, 1.807) is 14.0 Å². The number of carboxylic acids is 1. The zero-order valence-electron chi connectivity index (χ0n) is 17.1. The van der Waals surface area contributed by atoms with Crippen LogP contribution in [0.4, 0.5) is 4.79 Å². The van der Waals surface area contributed by atoms with Crippen LogP contribution in [0.25, 0.3) is 10.8 Å². The fourth-order valence-corrected chi connectivity index (χ4v) is 3.61. The van der Waals surface area contributed by atoms with E-state index < -0.39 is 24.0 Å². The van der Waals surface area contributed by atoms with Crippen molar-refractivity contribution in [1.82, 2.24) is 10.2 Å². The second kappa shape index (κ2) is 8.86. The van der Waals surface area contributed by atoms with Crippen molar-refractivity contribution in [3.05, 3.63) is 53.2 Å². The summed E-state index contributed by atoms with van der Waals surface area (Å²) in [4.78, 5) is 37.3. The molecule has 2 aromatic carbocycles. The van der Waals surface area contributed by atoms with Gasteiger partial charge in [0.25, 0.3) is 0 Å². The molecule has 1 aliphatic rings. The highest BCUT2D eigenvalue weighted by Crippen LogP contribution is 2.33. The number of rotatable bonds is 7. The van der Waals surface area contributed by atoms with Gasteiger partial charge in [0.1, 0.15) is 5.75 Å². The number of amides is 2. The first-order chi connectivity index (χ1) is 14.3. The van der Waals surface area contributed by atoms with Crippen molar-refractivity contribution in [1.29, 1.82) is 0 Å². The molecule has 0 bridgehead atoms. The van der Waals surface area contributed by atoms with Crippen molar-refractivity contribution in [2.75, 3.05) is 20.8 Å². The molecule has 1 N–H and O–H groups in total. The van der Waals surface area contributed by atoms with E-state index in [-0.39, 0.29) is 19.4 Å². The van der Waals surface area contributed by atoms with Crippen LogP contribution in [-0.2, 0) is 14.3 Å². The molecule has 158 valence electrons. The lowest BCUT2D eigenvalue weighted by atomic mass is 9.93. The number of urea groups is 1. The molecule has 0 saturated heterocycles. The minimum Gasteiger partial charge on any atom is -0.550 e. The van der Waals surface area contributed by atoms with E-state index in [0.29, 0.717) is 11.3 Å². The average Bonchev–Trinajstić information content (AvgIpc) is 2.74. The summed E-state index contributed by atoms with van der Waals surface area (Å²) in [6.45, 7) is 1.80. The predicted molar refractivity (Wildman–Crippen MR) is 107 cm³/mol. The first kappa shape index (κ1) is 21.2. The minimum absolute atomic E-state index is 0.149. The maximum absolute atomic E-state index is 12.7. The molecule has 2 amide bonds. The molecule has 0 radical (unpaired) electrons. The summed E-state index contributed by atoms with van der Waals surface area (Å²) in [5.41, 5.74) is 1.47. The Morgan fingerprint density at radius 2 is 1.83 bits per heavy atom. The van der Waals surface area contributed by atoms with Gasteiger partial charge in [-0.25, -0.2) is 9.59 Å². The summed E-state index contributed by atoms with van der Waals surface area (Å²) >= 11 is 0. The lowest BCUT2D eigenvalue weighted by molar-refractivity contribution is -0.305. The predicted octanol–water partition coefficient (Wildman–Crippen LogP) is 1.89. The number of nitrogens with one attached hydrogen (secondary N) is 1. The number of ether oxygens (including phenoxy) is 2. The third-order valence-corrected chi connectivity index (χ3v) is 5.17. The van der Waals surface area contributed by atoms with Gasteiger partial charge in [0.15, 0.2) is 0 Å². The summed E-state index contributed by atoms with van der Waals surface area (Å²) < 4.78 is 10.2. The Bertz CT molecular complexity index is 1030. The number of carbonyl (C=O) groups is 3. The Morgan fingerprint density at radius 1 is 1.13 bits per heavy atom. The van der Waals surface area contributed by atoms with Crippen LogP contribution >= 0.6 is 0 Å². The van der Waals surface area contributed by atoms with Crippen LogP contribution in [0.3, 0.4) is 0 Å². The number of esters is 1. The van der Waals surface area contributed by atoms with Gasteiger partial charge < -0.3 is 24.7 Å². The SMILES string of the molecule is COC(=O)C1=C(C)N(CCCC(=O)[O-])C(=O)N[C@@H]1c1ccc2cc(OC)ccc2c1. The van der Waals surface area contributed by atoms with Crippen molar-refractivity contribution >= 4 is 28.7 Å².